The Morgan fingerprint density at radius 2 is 1.79 bits per heavy atom. The van der Waals surface area contributed by atoms with Gasteiger partial charge in [-0.1, -0.05) is 12.1 Å². The smallest absolute Gasteiger partial charge is 0.254 e. The molecule has 3 N–H and O–H groups in total. The van der Waals surface area contributed by atoms with Crippen LogP contribution in [0.15, 0.2) is 48.5 Å². The van der Waals surface area contributed by atoms with Crippen LogP contribution in [0.2, 0.25) is 0 Å². The van der Waals surface area contributed by atoms with Crippen molar-refractivity contribution in [2.45, 2.75) is 12.5 Å². The van der Waals surface area contributed by atoms with Gasteiger partial charge in [-0.2, -0.15) is 0 Å². The van der Waals surface area contributed by atoms with Gasteiger partial charge in [0.25, 0.3) is 5.91 Å². The van der Waals surface area contributed by atoms with Crippen LogP contribution in [-0.4, -0.2) is 50.1 Å². The number of nitrogens with one attached hydrogen (secondary N) is 3. The summed E-state index contributed by atoms with van der Waals surface area (Å²) in [6.45, 7) is 3.09. The lowest BCUT2D eigenvalue weighted by Crippen LogP contribution is -2.43. The molecule has 0 radical (unpaired) electrons. The van der Waals surface area contributed by atoms with Crippen molar-refractivity contribution in [3.63, 3.8) is 0 Å². The maximum atomic E-state index is 12.4. The molecule has 0 unspecified atom stereocenters. The standard InChI is InChI=1S/C21H22N4O4/c26-19(22-14-5-7-15(8-6-14)25-9-11-29-12-10-25)13-18-21(28)23-17-4-2-1-3-16(17)20(27)24-18/h1-8,18H,9-13H2,(H,22,26)(H,23,28)(H,24,27)/t18-/m0/s1. The van der Waals surface area contributed by atoms with Gasteiger partial charge in [0.05, 0.1) is 30.9 Å². The summed E-state index contributed by atoms with van der Waals surface area (Å²) in [5, 5.41) is 8.10. The Hall–Kier alpha value is -3.39. The van der Waals surface area contributed by atoms with E-state index in [0.717, 1.165) is 18.8 Å². The van der Waals surface area contributed by atoms with Gasteiger partial charge in [-0.25, -0.2) is 0 Å². The summed E-state index contributed by atoms with van der Waals surface area (Å²) in [6, 6.07) is 13.3. The third-order valence-corrected chi connectivity index (χ3v) is 4.97. The van der Waals surface area contributed by atoms with Crippen molar-refractivity contribution < 1.29 is 19.1 Å². The molecule has 2 aromatic carbocycles. The SMILES string of the molecule is O=C(C[C@@H]1NC(=O)c2ccccc2NC1=O)Nc1ccc(N2CCOCC2)cc1. The zero-order valence-corrected chi connectivity index (χ0v) is 15.8. The number of fused-ring (bicyclic) bond motifs is 1. The predicted octanol–water partition coefficient (Wildman–Crippen LogP) is 1.60. The second-order valence-corrected chi connectivity index (χ2v) is 6.96. The van der Waals surface area contributed by atoms with Gasteiger partial charge in [-0.15, -0.1) is 0 Å². The molecule has 8 nitrogen and oxygen atoms in total. The van der Waals surface area contributed by atoms with E-state index in [1.807, 2.05) is 24.3 Å². The van der Waals surface area contributed by atoms with E-state index in [-0.39, 0.29) is 18.2 Å². The van der Waals surface area contributed by atoms with Crippen molar-refractivity contribution in [3.05, 3.63) is 54.1 Å². The van der Waals surface area contributed by atoms with Gasteiger partial charge in [-0.05, 0) is 36.4 Å². The molecule has 0 spiro atoms. The Kier molecular flexibility index (Phi) is 5.44. The minimum Gasteiger partial charge on any atom is -0.378 e. The van der Waals surface area contributed by atoms with Crippen molar-refractivity contribution in [1.82, 2.24) is 5.32 Å². The molecule has 0 aliphatic carbocycles. The fourth-order valence-corrected chi connectivity index (χ4v) is 3.43. The molecule has 1 saturated heterocycles. The molecule has 0 aromatic heterocycles. The Morgan fingerprint density at radius 1 is 1.07 bits per heavy atom. The molecule has 8 heteroatoms. The molecule has 0 saturated carbocycles. The molecular weight excluding hydrogens is 372 g/mol. The summed E-state index contributed by atoms with van der Waals surface area (Å²) in [6.07, 6.45) is -0.156. The molecule has 150 valence electrons. The van der Waals surface area contributed by atoms with Crippen LogP contribution < -0.4 is 20.9 Å². The maximum absolute atomic E-state index is 12.4. The zero-order valence-electron chi connectivity index (χ0n) is 15.8. The molecule has 29 heavy (non-hydrogen) atoms. The molecule has 3 amide bonds. The normalized spacial score (nSPS) is 18.9. The Morgan fingerprint density at radius 3 is 2.55 bits per heavy atom. The summed E-state index contributed by atoms with van der Waals surface area (Å²) in [4.78, 5) is 39.4. The summed E-state index contributed by atoms with van der Waals surface area (Å²) < 4.78 is 5.35. The Labute approximate surface area is 168 Å². The van der Waals surface area contributed by atoms with Crippen molar-refractivity contribution >= 4 is 34.8 Å². The number of benzene rings is 2. The first-order chi connectivity index (χ1) is 14.1. The maximum Gasteiger partial charge on any atom is 0.254 e. The van der Waals surface area contributed by atoms with E-state index in [1.54, 1.807) is 24.3 Å². The van der Waals surface area contributed by atoms with E-state index in [4.69, 9.17) is 4.74 Å². The third-order valence-electron chi connectivity index (χ3n) is 4.97. The number of hydrogen-bond donors (Lipinski definition) is 3. The minimum absolute atomic E-state index is 0.156. The summed E-state index contributed by atoms with van der Waals surface area (Å²) >= 11 is 0. The lowest BCUT2D eigenvalue weighted by Gasteiger charge is -2.28. The number of ether oxygens (including phenoxy) is 1. The average molecular weight is 394 g/mol. The molecule has 2 aromatic rings. The Bertz CT molecular complexity index is 923. The molecule has 2 aliphatic heterocycles. The topological polar surface area (TPSA) is 99.8 Å². The van der Waals surface area contributed by atoms with Crippen LogP contribution in [0.25, 0.3) is 0 Å². The molecular formula is C21H22N4O4. The van der Waals surface area contributed by atoms with Crippen LogP contribution in [0.5, 0.6) is 0 Å². The summed E-state index contributed by atoms with van der Waals surface area (Å²) in [7, 11) is 0. The lowest BCUT2D eigenvalue weighted by molar-refractivity contribution is -0.122. The zero-order chi connectivity index (χ0) is 20.2. The number of anilines is 3. The summed E-state index contributed by atoms with van der Waals surface area (Å²) in [5.41, 5.74) is 2.52. The molecule has 2 heterocycles. The van der Waals surface area contributed by atoms with Gasteiger partial charge in [-0.3, -0.25) is 14.4 Å². The first kappa shape index (κ1) is 18.9. The number of carbonyl (C=O) groups is 3. The molecule has 1 fully saturated rings. The number of amides is 3. The van der Waals surface area contributed by atoms with Gasteiger partial charge >= 0.3 is 0 Å². The van der Waals surface area contributed by atoms with Crippen molar-refractivity contribution in [1.29, 1.82) is 0 Å². The van der Waals surface area contributed by atoms with Crippen LogP contribution in [0.4, 0.5) is 17.1 Å². The number of rotatable bonds is 4. The fourth-order valence-electron chi connectivity index (χ4n) is 3.43. The quantitative estimate of drug-likeness (QED) is 0.732. The van der Waals surface area contributed by atoms with Crippen LogP contribution in [0, 0.1) is 0 Å². The van der Waals surface area contributed by atoms with Crippen LogP contribution in [-0.2, 0) is 14.3 Å². The van der Waals surface area contributed by atoms with Crippen LogP contribution >= 0.6 is 0 Å². The van der Waals surface area contributed by atoms with Crippen LogP contribution in [0.3, 0.4) is 0 Å². The summed E-state index contributed by atoms with van der Waals surface area (Å²) in [5.74, 6) is -1.15. The average Bonchev–Trinajstić information content (AvgIpc) is 2.85. The number of nitrogens with zero attached hydrogens (tertiary/aromatic N) is 1. The molecule has 2 aliphatic rings. The number of carbonyl (C=O) groups excluding carboxylic acids is 3. The molecule has 4 rings (SSSR count). The van der Waals surface area contributed by atoms with E-state index in [0.29, 0.717) is 30.2 Å². The predicted molar refractivity (Wildman–Crippen MR) is 109 cm³/mol. The monoisotopic (exact) mass is 394 g/mol. The van der Waals surface area contributed by atoms with Gasteiger partial charge in [0.1, 0.15) is 6.04 Å². The minimum atomic E-state index is -0.942. The number of hydrogen-bond acceptors (Lipinski definition) is 5. The molecule has 0 bridgehead atoms. The molecule has 1 atom stereocenters. The fraction of sp³-hybridized carbons (Fsp3) is 0.286. The first-order valence-electron chi connectivity index (χ1n) is 9.53. The highest BCUT2D eigenvalue weighted by Crippen LogP contribution is 2.21. The van der Waals surface area contributed by atoms with E-state index < -0.39 is 11.9 Å². The van der Waals surface area contributed by atoms with Gasteiger partial charge in [0.15, 0.2) is 0 Å². The highest BCUT2D eigenvalue weighted by molar-refractivity contribution is 6.11. The van der Waals surface area contributed by atoms with E-state index in [9.17, 15) is 14.4 Å². The highest BCUT2D eigenvalue weighted by atomic mass is 16.5. The lowest BCUT2D eigenvalue weighted by atomic mass is 10.1. The number of para-hydroxylation sites is 1. The van der Waals surface area contributed by atoms with Gasteiger partial charge in [0.2, 0.25) is 11.8 Å². The van der Waals surface area contributed by atoms with Gasteiger partial charge in [0, 0.05) is 24.5 Å². The van der Waals surface area contributed by atoms with Crippen molar-refractivity contribution in [2.75, 3.05) is 41.8 Å². The van der Waals surface area contributed by atoms with E-state index in [1.165, 1.54) is 0 Å². The second kappa shape index (κ2) is 8.32. The number of morpholine rings is 1. The van der Waals surface area contributed by atoms with Crippen molar-refractivity contribution in [2.24, 2.45) is 0 Å². The first-order valence-corrected chi connectivity index (χ1v) is 9.53. The van der Waals surface area contributed by atoms with Gasteiger partial charge < -0.3 is 25.6 Å². The van der Waals surface area contributed by atoms with Crippen molar-refractivity contribution in [3.8, 4) is 0 Å². The second-order valence-electron chi connectivity index (χ2n) is 6.96. The largest absolute Gasteiger partial charge is 0.378 e. The van der Waals surface area contributed by atoms with E-state index in [2.05, 4.69) is 20.9 Å². The Balaban J connectivity index is 1.37. The van der Waals surface area contributed by atoms with Crippen LogP contribution in [0.1, 0.15) is 16.8 Å². The van der Waals surface area contributed by atoms with E-state index >= 15 is 0 Å². The third kappa shape index (κ3) is 4.38. The highest BCUT2D eigenvalue weighted by Gasteiger charge is 2.29.